The third kappa shape index (κ3) is 3.18. The van der Waals surface area contributed by atoms with Crippen molar-refractivity contribution in [3.8, 4) is 0 Å². The summed E-state index contributed by atoms with van der Waals surface area (Å²) >= 11 is 5.13. The molecule has 0 spiro atoms. The van der Waals surface area contributed by atoms with Crippen LogP contribution in [-0.2, 0) is 14.3 Å². The summed E-state index contributed by atoms with van der Waals surface area (Å²) in [7, 11) is 1.62. The van der Waals surface area contributed by atoms with E-state index in [1.165, 1.54) is 0 Å². The number of rotatable bonds is 6. The number of methoxy groups -OCH3 is 1. The molecule has 104 valence electrons. The third-order valence-corrected chi connectivity index (χ3v) is 3.85. The van der Waals surface area contributed by atoms with E-state index in [1.807, 2.05) is 6.92 Å². The van der Waals surface area contributed by atoms with E-state index in [2.05, 4.69) is 0 Å². The fourth-order valence-electron chi connectivity index (χ4n) is 2.19. The van der Waals surface area contributed by atoms with E-state index in [0.717, 1.165) is 0 Å². The minimum atomic E-state index is -0.725. The van der Waals surface area contributed by atoms with Gasteiger partial charge < -0.3 is 20.1 Å². The molecule has 1 rings (SSSR count). The largest absolute Gasteiger partial charge is 0.392 e. The summed E-state index contributed by atoms with van der Waals surface area (Å²) < 4.78 is 10.3. The molecule has 0 aromatic carbocycles. The van der Waals surface area contributed by atoms with Gasteiger partial charge in [-0.3, -0.25) is 4.79 Å². The van der Waals surface area contributed by atoms with Gasteiger partial charge >= 0.3 is 0 Å². The molecule has 2 N–H and O–H groups in total. The quantitative estimate of drug-likeness (QED) is 0.717. The molecule has 0 aliphatic carbocycles. The van der Waals surface area contributed by atoms with Crippen LogP contribution in [0.25, 0.3) is 0 Å². The zero-order chi connectivity index (χ0) is 13.6. The summed E-state index contributed by atoms with van der Waals surface area (Å²) in [4.78, 5) is 14.7. The Morgan fingerprint density at radius 1 is 1.50 bits per heavy atom. The highest BCUT2D eigenvalue weighted by Gasteiger charge is 2.44. The van der Waals surface area contributed by atoms with Crippen LogP contribution in [0.4, 0.5) is 0 Å². The van der Waals surface area contributed by atoms with Crippen LogP contribution in [0.15, 0.2) is 0 Å². The summed E-state index contributed by atoms with van der Waals surface area (Å²) in [5.41, 5.74) is 5.10. The molecule has 1 fully saturated rings. The summed E-state index contributed by atoms with van der Waals surface area (Å²) in [5.74, 6) is 0.0119. The minimum absolute atomic E-state index is 0.0119. The van der Waals surface area contributed by atoms with Crippen molar-refractivity contribution in [2.24, 2.45) is 11.1 Å². The predicted octanol–water partition coefficient (Wildman–Crippen LogP) is 0.564. The summed E-state index contributed by atoms with van der Waals surface area (Å²) in [5, 5.41) is 0. The van der Waals surface area contributed by atoms with Gasteiger partial charge in [-0.25, -0.2) is 0 Å². The molecule has 0 saturated carbocycles. The van der Waals surface area contributed by atoms with Crippen molar-refractivity contribution in [1.82, 2.24) is 4.90 Å². The van der Waals surface area contributed by atoms with Crippen LogP contribution < -0.4 is 5.73 Å². The fraction of sp³-hybridized carbons (Fsp3) is 0.833. The van der Waals surface area contributed by atoms with Gasteiger partial charge in [-0.05, 0) is 19.8 Å². The molecule has 1 saturated heterocycles. The molecular weight excluding hydrogens is 252 g/mol. The summed E-state index contributed by atoms with van der Waals surface area (Å²) in [6.45, 7) is 4.73. The number of likely N-dealkylation sites (N-methyl/N-ethyl adjacent to an activating group) is 1. The Balaban J connectivity index is 2.83. The van der Waals surface area contributed by atoms with Gasteiger partial charge in [0.1, 0.15) is 5.41 Å². The Morgan fingerprint density at radius 3 is 2.56 bits per heavy atom. The second-order valence-electron chi connectivity index (χ2n) is 4.44. The van der Waals surface area contributed by atoms with E-state index in [9.17, 15) is 4.79 Å². The molecule has 18 heavy (non-hydrogen) atoms. The average Bonchev–Trinajstić information content (AvgIpc) is 2.40. The molecule has 1 heterocycles. The van der Waals surface area contributed by atoms with E-state index in [0.29, 0.717) is 45.8 Å². The number of amides is 1. The first kappa shape index (κ1) is 15.3. The van der Waals surface area contributed by atoms with Gasteiger partial charge in [0, 0.05) is 33.4 Å². The van der Waals surface area contributed by atoms with E-state index in [-0.39, 0.29) is 10.9 Å². The number of carbonyl (C=O) groups is 1. The maximum absolute atomic E-state index is 12.6. The normalized spacial score (nSPS) is 18.3. The van der Waals surface area contributed by atoms with E-state index in [1.54, 1.807) is 12.0 Å². The minimum Gasteiger partial charge on any atom is -0.392 e. The van der Waals surface area contributed by atoms with Gasteiger partial charge in [0.2, 0.25) is 5.91 Å². The maximum atomic E-state index is 12.6. The van der Waals surface area contributed by atoms with Gasteiger partial charge in [0.05, 0.1) is 11.6 Å². The Bertz CT molecular complexity index is 304. The molecule has 5 nitrogen and oxygen atoms in total. The highest BCUT2D eigenvalue weighted by atomic mass is 32.1. The number of ether oxygens (including phenoxy) is 2. The van der Waals surface area contributed by atoms with Crippen molar-refractivity contribution < 1.29 is 14.3 Å². The van der Waals surface area contributed by atoms with E-state index in [4.69, 9.17) is 27.4 Å². The molecule has 0 bridgehead atoms. The number of hydrogen-bond acceptors (Lipinski definition) is 4. The molecule has 6 heteroatoms. The highest BCUT2D eigenvalue weighted by molar-refractivity contribution is 7.80. The number of thiocarbonyl (C=S) groups is 1. The lowest BCUT2D eigenvalue weighted by molar-refractivity contribution is -0.142. The molecule has 0 aromatic rings. The number of nitrogens with two attached hydrogens (primary N) is 1. The van der Waals surface area contributed by atoms with Crippen molar-refractivity contribution in [1.29, 1.82) is 0 Å². The Labute approximate surface area is 114 Å². The van der Waals surface area contributed by atoms with Crippen molar-refractivity contribution in [2.75, 3.05) is 40.0 Å². The predicted molar refractivity (Wildman–Crippen MR) is 73.4 cm³/mol. The topological polar surface area (TPSA) is 64.8 Å². The zero-order valence-electron chi connectivity index (χ0n) is 11.1. The van der Waals surface area contributed by atoms with Crippen LogP contribution in [0.1, 0.15) is 19.8 Å². The first-order valence-electron chi connectivity index (χ1n) is 6.24. The van der Waals surface area contributed by atoms with Crippen molar-refractivity contribution >= 4 is 23.1 Å². The molecule has 1 amide bonds. The lowest BCUT2D eigenvalue weighted by Gasteiger charge is -2.38. The Morgan fingerprint density at radius 2 is 2.11 bits per heavy atom. The molecular formula is C12H22N2O3S. The fourth-order valence-corrected chi connectivity index (χ4v) is 2.48. The van der Waals surface area contributed by atoms with Gasteiger partial charge in [-0.2, -0.15) is 0 Å². The molecule has 0 aromatic heterocycles. The highest BCUT2D eigenvalue weighted by Crippen LogP contribution is 2.33. The number of nitrogens with zero attached hydrogens (tertiary/aromatic N) is 1. The number of carbonyl (C=O) groups excluding carboxylic acids is 1. The SMILES string of the molecule is CCN(CCOC)C(=O)C1(C(N)=S)CCOCC1. The van der Waals surface area contributed by atoms with Crippen LogP contribution in [-0.4, -0.2) is 55.8 Å². The van der Waals surface area contributed by atoms with Gasteiger partial charge in [-0.15, -0.1) is 0 Å². The molecule has 0 unspecified atom stereocenters. The summed E-state index contributed by atoms with van der Waals surface area (Å²) in [6, 6.07) is 0. The first-order valence-corrected chi connectivity index (χ1v) is 6.65. The Kier molecular flexibility index (Phi) is 5.98. The maximum Gasteiger partial charge on any atom is 0.235 e. The third-order valence-electron chi connectivity index (χ3n) is 3.46. The van der Waals surface area contributed by atoms with Crippen LogP contribution in [0.2, 0.25) is 0 Å². The average molecular weight is 274 g/mol. The molecule has 0 atom stereocenters. The standard InChI is InChI=1S/C12H22N2O3S/c1-3-14(6-9-16-2)11(15)12(10(13)18)4-7-17-8-5-12/h3-9H2,1-2H3,(H2,13,18). The Hall–Kier alpha value is -0.720. The van der Waals surface area contributed by atoms with Gasteiger partial charge in [0.15, 0.2) is 0 Å². The second-order valence-corrected chi connectivity index (χ2v) is 4.88. The summed E-state index contributed by atoms with van der Waals surface area (Å²) in [6.07, 6.45) is 1.15. The van der Waals surface area contributed by atoms with Crippen molar-refractivity contribution in [2.45, 2.75) is 19.8 Å². The molecule has 0 radical (unpaired) electrons. The second kappa shape index (κ2) is 7.01. The monoisotopic (exact) mass is 274 g/mol. The van der Waals surface area contributed by atoms with Crippen LogP contribution in [0.3, 0.4) is 0 Å². The van der Waals surface area contributed by atoms with Crippen LogP contribution >= 0.6 is 12.2 Å². The van der Waals surface area contributed by atoms with E-state index >= 15 is 0 Å². The lowest BCUT2D eigenvalue weighted by atomic mass is 9.78. The van der Waals surface area contributed by atoms with E-state index < -0.39 is 5.41 Å². The first-order chi connectivity index (χ1) is 8.58. The zero-order valence-corrected chi connectivity index (χ0v) is 11.9. The van der Waals surface area contributed by atoms with Gasteiger partial charge in [0.25, 0.3) is 0 Å². The van der Waals surface area contributed by atoms with Crippen LogP contribution in [0, 0.1) is 5.41 Å². The smallest absolute Gasteiger partial charge is 0.235 e. The number of hydrogen-bond donors (Lipinski definition) is 1. The van der Waals surface area contributed by atoms with Crippen LogP contribution in [0.5, 0.6) is 0 Å². The molecule has 1 aliphatic rings. The van der Waals surface area contributed by atoms with Crippen molar-refractivity contribution in [3.63, 3.8) is 0 Å². The molecule has 1 aliphatic heterocycles. The van der Waals surface area contributed by atoms with Crippen molar-refractivity contribution in [3.05, 3.63) is 0 Å². The lowest BCUT2D eigenvalue weighted by Crippen LogP contribution is -2.53. The van der Waals surface area contributed by atoms with Gasteiger partial charge in [-0.1, -0.05) is 12.2 Å².